The van der Waals surface area contributed by atoms with Crippen molar-refractivity contribution in [1.29, 1.82) is 0 Å². The molecule has 0 unspecified atom stereocenters. The zero-order valence-electron chi connectivity index (χ0n) is 15.6. The Balaban J connectivity index is 1.41. The van der Waals surface area contributed by atoms with Crippen molar-refractivity contribution >= 4 is 38.1 Å². The van der Waals surface area contributed by atoms with Gasteiger partial charge in [-0.2, -0.15) is 0 Å². The molecule has 9 nitrogen and oxygen atoms in total. The van der Waals surface area contributed by atoms with E-state index in [9.17, 15) is 18.5 Å². The number of fused-ring (bicyclic) bond motifs is 2. The maximum atomic E-state index is 12.2. The van der Waals surface area contributed by atoms with Gasteiger partial charge in [-0.05, 0) is 17.7 Å². The van der Waals surface area contributed by atoms with Gasteiger partial charge in [0.05, 0.1) is 28.5 Å². The number of non-ortho nitro benzene ring substituents is 1. The van der Waals surface area contributed by atoms with Crippen molar-refractivity contribution in [3.8, 4) is 11.5 Å². The van der Waals surface area contributed by atoms with E-state index in [1.807, 2.05) is 23.1 Å². The van der Waals surface area contributed by atoms with E-state index in [0.29, 0.717) is 17.3 Å². The molecule has 0 amide bonds. The Hall–Kier alpha value is -2.79. The molecule has 0 saturated carbocycles. The number of anilines is 1. The molecule has 2 atom stereocenters. The van der Waals surface area contributed by atoms with E-state index in [1.165, 1.54) is 23.9 Å². The first kappa shape index (κ1) is 19.2. The standard InChI is InChI=1S/C19H17N3O6S2/c23-22(24)13-3-1-12(2-4-13)8-29-19-20-15-9-30(25,26)10-16(15)21(19)14-5-6-17-18(7-14)28-11-27-17/h1-7,15-16H,8-11H2/t15-,16+/m0/s1. The predicted octanol–water partition coefficient (Wildman–Crippen LogP) is 2.60. The molecule has 0 N–H and O–H groups in total. The molecule has 0 radical (unpaired) electrons. The maximum absolute atomic E-state index is 12.2. The lowest BCUT2D eigenvalue weighted by molar-refractivity contribution is -0.384. The average molecular weight is 447 g/mol. The first-order chi connectivity index (χ1) is 14.4. The Morgan fingerprint density at radius 1 is 1.13 bits per heavy atom. The summed E-state index contributed by atoms with van der Waals surface area (Å²) < 4.78 is 35.2. The first-order valence-corrected chi connectivity index (χ1v) is 12.0. The highest BCUT2D eigenvalue weighted by molar-refractivity contribution is 8.13. The molecule has 0 bridgehead atoms. The number of nitro groups is 1. The van der Waals surface area contributed by atoms with E-state index in [-0.39, 0.29) is 36.1 Å². The Bertz CT molecular complexity index is 1150. The Kier molecular flexibility index (Phi) is 4.58. The molecule has 3 aliphatic heterocycles. The zero-order valence-corrected chi connectivity index (χ0v) is 17.3. The number of hydrogen-bond donors (Lipinski definition) is 0. The van der Waals surface area contributed by atoms with Gasteiger partial charge < -0.3 is 14.4 Å². The molecule has 0 aromatic heterocycles. The summed E-state index contributed by atoms with van der Waals surface area (Å²) in [6.45, 7) is 0.162. The van der Waals surface area contributed by atoms with Crippen LogP contribution in [0.15, 0.2) is 47.5 Å². The predicted molar refractivity (Wildman–Crippen MR) is 113 cm³/mol. The van der Waals surface area contributed by atoms with Gasteiger partial charge in [0.1, 0.15) is 0 Å². The van der Waals surface area contributed by atoms with Crippen molar-refractivity contribution < 1.29 is 22.8 Å². The molecule has 0 aliphatic carbocycles. The second-order valence-electron chi connectivity index (χ2n) is 7.24. The molecule has 30 heavy (non-hydrogen) atoms. The average Bonchev–Trinajstić information content (AvgIpc) is 3.37. The lowest BCUT2D eigenvalue weighted by Gasteiger charge is -2.26. The largest absolute Gasteiger partial charge is 0.454 e. The minimum Gasteiger partial charge on any atom is -0.454 e. The summed E-state index contributed by atoms with van der Waals surface area (Å²) in [6, 6.07) is 11.4. The van der Waals surface area contributed by atoms with E-state index in [2.05, 4.69) is 0 Å². The zero-order chi connectivity index (χ0) is 20.9. The molecule has 1 saturated heterocycles. The van der Waals surface area contributed by atoms with Crippen LogP contribution < -0.4 is 14.4 Å². The molecule has 5 rings (SSSR count). The molecule has 156 valence electrons. The van der Waals surface area contributed by atoms with Crippen LogP contribution >= 0.6 is 11.8 Å². The molecule has 3 aliphatic rings. The molecular formula is C19H17N3O6S2. The van der Waals surface area contributed by atoms with Crippen LogP contribution in [0.3, 0.4) is 0 Å². The van der Waals surface area contributed by atoms with E-state index in [1.54, 1.807) is 12.1 Å². The smallest absolute Gasteiger partial charge is 0.269 e. The van der Waals surface area contributed by atoms with Crippen LogP contribution in [-0.2, 0) is 15.6 Å². The number of amidine groups is 1. The number of ether oxygens (including phenoxy) is 2. The lowest BCUT2D eigenvalue weighted by atomic mass is 10.1. The highest BCUT2D eigenvalue weighted by Gasteiger charge is 2.47. The van der Waals surface area contributed by atoms with E-state index in [4.69, 9.17) is 14.5 Å². The highest BCUT2D eigenvalue weighted by atomic mass is 32.2. The monoisotopic (exact) mass is 447 g/mol. The molecular weight excluding hydrogens is 430 g/mol. The summed E-state index contributed by atoms with van der Waals surface area (Å²) >= 11 is 1.48. The summed E-state index contributed by atoms with van der Waals surface area (Å²) in [5.74, 6) is 1.93. The summed E-state index contributed by atoms with van der Waals surface area (Å²) in [6.07, 6.45) is 0. The molecule has 2 aromatic carbocycles. The number of benzene rings is 2. The number of rotatable bonds is 4. The van der Waals surface area contributed by atoms with E-state index >= 15 is 0 Å². The van der Waals surface area contributed by atoms with Gasteiger partial charge in [-0.15, -0.1) is 0 Å². The number of sulfone groups is 1. The van der Waals surface area contributed by atoms with Crippen molar-refractivity contribution in [2.75, 3.05) is 23.2 Å². The van der Waals surface area contributed by atoms with Crippen molar-refractivity contribution in [1.82, 2.24) is 0 Å². The molecule has 2 aromatic rings. The Morgan fingerprint density at radius 2 is 1.90 bits per heavy atom. The summed E-state index contributed by atoms with van der Waals surface area (Å²) in [5, 5.41) is 11.6. The minimum atomic E-state index is -3.14. The van der Waals surface area contributed by atoms with Gasteiger partial charge >= 0.3 is 0 Å². The molecule has 11 heteroatoms. The second kappa shape index (κ2) is 7.17. The fraction of sp³-hybridized carbons (Fsp3) is 0.316. The van der Waals surface area contributed by atoms with Gasteiger partial charge in [-0.25, -0.2) is 8.42 Å². The Morgan fingerprint density at radius 3 is 2.67 bits per heavy atom. The van der Waals surface area contributed by atoms with Gasteiger partial charge in [0.15, 0.2) is 26.5 Å². The van der Waals surface area contributed by atoms with Crippen LogP contribution in [0.4, 0.5) is 11.4 Å². The third kappa shape index (κ3) is 3.47. The third-order valence-electron chi connectivity index (χ3n) is 5.26. The van der Waals surface area contributed by atoms with Crippen LogP contribution in [0.1, 0.15) is 5.56 Å². The number of hydrogen-bond acceptors (Lipinski definition) is 9. The molecule has 3 heterocycles. The van der Waals surface area contributed by atoms with Crippen molar-refractivity contribution in [2.45, 2.75) is 17.8 Å². The van der Waals surface area contributed by atoms with Gasteiger partial charge in [-0.3, -0.25) is 15.1 Å². The molecule has 0 spiro atoms. The third-order valence-corrected chi connectivity index (χ3v) is 7.99. The SMILES string of the molecule is O=[N+]([O-])c1ccc(CSC2=N[C@H]3CS(=O)(=O)C[C@H]3N2c2ccc3c(c2)OCO3)cc1. The number of nitrogens with zero attached hydrogens (tertiary/aromatic N) is 3. The number of aliphatic imine (C=N–C) groups is 1. The van der Waals surface area contributed by atoms with Crippen molar-refractivity contribution in [3.63, 3.8) is 0 Å². The molecule has 1 fully saturated rings. The maximum Gasteiger partial charge on any atom is 0.269 e. The van der Waals surface area contributed by atoms with Crippen LogP contribution in [-0.4, -0.2) is 48.9 Å². The minimum absolute atomic E-state index is 0.0420. The number of thioether (sulfide) groups is 1. The quantitative estimate of drug-likeness (QED) is 0.519. The topological polar surface area (TPSA) is 111 Å². The lowest BCUT2D eigenvalue weighted by Crippen LogP contribution is -2.39. The Labute approximate surface area is 176 Å². The van der Waals surface area contributed by atoms with Gasteiger partial charge in [0, 0.05) is 29.6 Å². The fourth-order valence-corrected chi connectivity index (χ4v) is 6.75. The fourth-order valence-electron chi connectivity index (χ4n) is 3.83. The van der Waals surface area contributed by atoms with E-state index < -0.39 is 14.8 Å². The van der Waals surface area contributed by atoms with Gasteiger partial charge in [0.2, 0.25) is 6.79 Å². The first-order valence-electron chi connectivity index (χ1n) is 9.23. The normalized spacial score (nSPS) is 23.3. The highest BCUT2D eigenvalue weighted by Crippen LogP contribution is 2.41. The summed E-state index contributed by atoms with van der Waals surface area (Å²) in [7, 11) is -3.14. The summed E-state index contributed by atoms with van der Waals surface area (Å²) in [5.41, 5.74) is 1.77. The van der Waals surface area contributed by atoms with Crippen LogP contribution in [0.5, 0.6) is 11.5 Å². The van der Waals surface area contributed by atoms with Gasteiger partial charge in [-0.1, -0.05) is 23.9 Å². The van der Waals surface area contributed by atoms with Crippen molar-refractivity contribution in [3.05, 3.63) is 58.1 Å². The van der Waals surface area contributed by atoms with Gasteiger partial charge in [0.25, 0.3) is 5.69 Å². The summed E-state index contributed by atoms with van der Waals surface area (Å²) in [4.78, 5) is 17.1. The van der Waals surface area contributed by atoms with Crippen LogP contribution in [0.25, 0.3) is 0 Å². The van der Waals surface area contributed by atoms with E-state index in [0.717, 1.165) is 16.4 Å². The van der Waals surface area contributed by atoms with Crippen LogP contribution in [0, 0.1) is 10.1 Å². The van der Waals surface area contributed by atoms with Crippen molar-refractivity contribution in [2.24, 2.45) is 4.99 Å². The second-order valence-corrected chi connectivity index (χ2v) is 10.3. The number of nitro benzene ring substituents is 1. The van der Waals surface area contributed by atoms with Crippen LogP contribution in [0.2, 0.25) is 0 Å².